The number of hydrogen-bond acceptors (Lipinski definition) is 5. The van der Waals surface area contributed by atoms with Crippen molar-refractivity contribution >= 4 is 5.78 Å². The standard InChI is InChI=1S/C21H19N3O2/c1-12-17-9-8-16-19(23-13(2)24-20(16)26)21(17,10-14(11-22)18(12)25)15-6-4-3-5-7-15/h3-7,10,12,17H,8-9H2,1-2H3,(H,23,24,26)/t12-,17-,21+/m0/s1. The van der Waals surface area contributed by atoms with E-state index in [-0.39, 0.29) is 29.1 Å². The van der Waals surface area contributed by atoms with E-state index in [1.54, 1.807) is 13.0 Å². The van der Waals surface area contributed by atoms with Gasteiger partial charge in [-0.15, -0.1) is 0 Å². The molecule has 0 fully saturated rings. The van der Waals surface area contributed by atoms with Gasteiger partial charge in [0.1, 0.15) is 11.9 Å². The van der Waals surface area contributed by atoms with Crippen molar-refractivity contribution in [2.45, 2.75) is 32.1 Å². The van der Waals surface area contributed by atoms with Gasteiger partial charge in [-0.05, 0) is 37.3 Å². The number of nitriles is 1. The maximum absolute atomic E-state index is 12.7. The van der Waals surface area contributed by atoms with Crippen molar-refractivity contribution in [1.29, 1.82) is 5.26 Å². The van der Waals surface area contributed by atoms with Crippen molar-refractivity contribution in [1.82, 2.24) is 9.97 Å². The van der Waals surface area contributed by atoms with E-state index < -0.39 is 5.41 Å². The predicted molar refractivity (Wildman–Crippen MR) is 95.3 cm³/mol. The van der Waals surface area contributed by atoms with Crippen LogP contribution < -0.4 is 0 Å². The zero-order valence-corrected chi connectivity index (χ0v) is 14.7. The Hall–Kier alpha value is -3.00. The number of hydrogen-bond donors (Lipinski definition) is 1. The summed E-state index contributed by atoms with van der Waals surface area (Å²) in [5.74, 6) is 0.0602. The molecule has 1 heterocycles. The molecule has 3 atom stereocenters. The van der Waals surface area contributed by atoms with Gasteiger partial charge in [0.05, 0.1) is 16.7 Å². The van der Waals surface area contributed by atoms with Gasteiger partial charge in [-0.2, -0.15) is 10.2 Å². The van der Waals surface area contributed by atoms with Crippen molar-refractivity contribution in [2.24, 2.45) is 11.8 Å². The number of Topliss-reactive ketones (excluding diaryl/α,β-unsaturated/α-hetero) is 1. The number of aryl methyl sites for hydroxylation is 1. The second kappa shape index (κ2) is 5.77. The third kappa shape index (κ3) is 2.12. The van der Waals surface area contributed by atoms with Crippen LogP contribution in [-0.2, 0) is 16.6 Å². The lowest BCUT2D eigenvalue weighted by atomic mass is 9.54. The van der Waals surface area contributed by atoms with Crippen LogP contribution in [-0.4, -0.2) is 20.9 Å². The molecule has 1 N–H and O–H groups in total. The Balaban J connectivity index is 2.13. The van der Waals surface area contributed by atoms with Crippen LogP contribution in [0.2, 0.25) is 0 Å². The van der Waals surface area contributed by atoms with Crippen LogP contribution in [0, 0.1) is 30.1 Å². The third-order valence-corrected chi connectivity index (χ3v) is 5.81. The van der Waals surface area contributed by atoms with E-state index in [1.807, 2.05) is 37.3 Å². The molecule has 4 rings (SSSR count). The fourth-order valence-corrected chi connectivity index (χ4v) is 4.64. The van der Waals surface area contributed by atoms with Crippen LogP contribution in [0.15, 0.2) is 42.0 Å². The molecule has 0 spiro atoms. The molecule has 5 nitrogen and oxygen atoms in total. The molecule has 0 amide bonds. The highest BCUT2D eigenvalue weighted by Crippen LogP contribution is 2.53. The first kappa shape index (κ1) is 16.5. The van der Waals surface area contributed by atoms with E-state index >= 15 is 0 Å². The third-order valence-electron chi connectivity index (χ3n) is 5.81. The van der Waals surface area contributed by atoms with Crippen molar-refractivity contribution in [3.05, 3.63) is 64.6 Å². The average molecular weight is 345 g/mol. The lowest BCUT2D eigenvalue weighted by molar-refractivity contribution is -0.121. The quantitative estimate of drug-likeness (QED) is 0.858. The number of aromatic hydroxyl groups is 1. The highest BCUT2D eigenvalue weighted by molar-refractivity contribution is 6.02. The number of allylic oxidation sites excluding steroid dienone is 2. The summed E-state index contributed by atoms with van der Waals surface area (Å²) in [6.07, 6.45) is 3.12. The number of fused-ring (bicyclic) bond motifs is 3. The first-order valence-electron chi connectivity index (χ1n) is 8.78. The molecular formula is C21H19N3O2. The van der Waals surface area contributed by atoms with E-state index in [4.69, 9.17) is 4.98 Å². The Morgan fingerprint density at radius 1 is 1.27 bits per heavy atom. The van der Waals surface area contributed by atoms with Crippen molar-refractivity contribution in [3.63, 3.8) is 0 Å². The monoisotopic (exact) mass is 345 g/mol. The molecule has 5 heteroatoms. The number of carbonyl (C=O) groups is 1. The second-order valence-electron chi connectivity index (χ2n) is 7.12. The fourth-order valence-electron chi connectivity index (χ4n) is 4.64. The smallest absolute Gasteiger partial charge is 0.217 e. The van der Waals surface area contributed by atoms with Crippen molar-refractivity contribution in [2.75, 3.05) is 0 Å². The molecule has 0 aliphatic heterocycles. The molecular weight excluding hydrogens is 326 g/mol. The normalized spacial score (nSPS) is 27.1. The number of rotatable bonds is 1. The summed E-state index contributed by atoms with van der Waals surface area (Å²) >= 11 is 0. The summed E-state index contributed by atoms with van der Waals surface area (Å²) < 4.78 is 0. The summed E-state index contributed by atoms with van der Waals surface area (Å²) in [5.41, 5.74) is 1.87. The molecule has 0 unspecified atom stereocenters. The highest BCUT2D eigenvalue weighted by atomic mass is 16.3. The van der Waals surface area contributed by atoms with E-state index in [1.165, 1.54) is 0 Å². The lowest BCUT2D eigenvalue weighted by Crippen LogP contribution is -2.48. The Labute approximate surface area is 152 Å². The zero-order chi connectivity index (χ0) is 18.5. The Kier molecular flexibility index (Phi) is 3.66. The van der Waals surface area contributed by atoms with Crippen LogP contribution in [0.5, 0.6) is 5.88 Å². The molecule has 2 aliphatic rings. The lowest BCUT2D eigenvalue weighted by Gasteiger charge is -2.47. The van der Waals surface area contributed by atoms with Gasteiger partial charge < -0.3 is 5.11 Å². The summed E-state index contributed by atoms with van der Waals surface area (Å²) in [5, 5.41) is 20.0. The highest BCUT2D eigenvalue weighted by Gasteiger charge is 2.53. The second-order valence-corrected chi connectivity index (χ2v) is 7.12. The van der Waals surface area contributed by atoms with E-state index in [2.05, 4.69) is 11.1 Å². The minimum atomic E-state index is -0.710. The molecule has 0 saturated heterocycles. The SMILES string of the molecule is Cc1nc(O)c2c(n1)[C@@]1(c3ccccc3)C=C(C#N)C(=O)[C@@H](C)[C@@H]1CC2. The van der Waals surface area contributed by atoms with Gasteiger partial charge in [0.2, 0.25) is 5.88 Å². The van der Waals surface area contributed by atoms with Crippen LogP contribution in [0.1, 0.15) is 36.0 Å². The molecule has 0 radical (unpaired) electrons. The van der Waals surface area contributed by atoms with Gasteiger partial charge in [0.25, 0.3) is 0 Å². The van der Waals surface area contributed by atoms with Crippen LogP contribution in [0.25, 0.3) is 0 Å². The maximum Gasteiger partial charge on any atom is 0.217 e. The molecule has 2 aliphatic carbocycles. The Morgan fingerprint density at radius 3 is 2.69 bits per heavy atom. The fraction of sp³-hybridized carbons (Fsp3) is 0.333. The Bertz CT molecular complexity index is 975. The molecule has 26 heavy (non-hydrogen) atoms. The number of carbonyl (C=O) groups excluding carboxylic acids is 1. The molecule has 0 bridgehead atoms. The number of aromatic nitrogens is 2. The maximum atomic E-state index is 12.7. The minimum Gasteiger partial charge on any atom is -0.493 e. The van der Waals surface area contributed by atoms with Gasteiger partial charge in [-0.25, -0.2) is 4.98 Å². The largest absolute Gasteiger partial charge is 0.493 e. The zero-order valence-electron chi connectivity index (χ0n) is 14.7. The molecule has 130 valence electrons. The van der Waals surface area contributed by atoms with E-state index in [0.29, 0.717) is 17.8 Å². The molecule has 2 aromatic rings. The topological polar surface area (TPSA) is 86.9 Å². The Morgan fingerprint density at radius 2 is 2.00 bits per heavy atom. The first-order chi connectivity index (χ1) is 12.5. The van der Waals surface area contributed by atoms with Gasteiger partial charge in [-0.3, -0.25) is 4.79 Å². The summed E-state index contributed by atoms with van der Waals surface area (Å²) in [4.78, 5) is 21.5. The van der Waals surface area contributed by atoms with Crippen LogP contribution in [0.3, 0.4) is 0 Å². The number of nitrogens with zero attached hydrogens (tertiary/aromatic N) is 3. The summed E-state index contributed by atoms with van der Waals surface area (Å²) in [6, 6.07) is 11.9. The van der Waals surface area contributed by atoms with Gasteiger partial charge >= 0.3 is 0 Å². The van der Waals surface area contributed by atoms with Crippen molar-refractivity contribution in [3.8, 4) is 11.9 Å². The molecule has 0 saturated carbocycles. The van der Waals surface area contributed by atoms with E-state index in [0.717, 1.165) is 17.7 Å². The number of ketones is 1. The van der Waals surface area contributed by atoms with Crippen LogP contribution >= 0.6 is 0 Å². The van der Waals surface area contributed by atoms with Gasteiger partial charge in [-0.1, -0.05) is 37.3 Å². The van der Waals surface area contributed by atoms with Gasteiger partial charge in [0, 0.05) is 11.5 Å². The predicted octanol–water partition coefficient (Wildman–Crippen LogP) is 3.01. The van der Waals surface area contributed by atoms with Crippen LogP contribution in [0.4, 0.5) is 0 Å². The van der Waals surface area contributed by atoms with E-state index in [9.17, 15) is 15.2 Å². The summed E-state index contributed by atoms with van der Waals surface area (Å²) in [6.45, 7) is 3.64. The van der Waals surface area contributed by atoms with Crippen molar-refractivity contribution < 1.29 is 9.90 Å². The first-order valence-corrected chi connectivity index (χ1v) is 8.78. The minimum absolute atomic E-state index is 0.00211. The summed E-state index contributed by atoms with van der Waals surface area (Å²) in [7, 11) is 0. The molecule has 1 aromatic carbocycles. The van der Waals surface area contributed by atoms with Gasteiger partial charge in [0.15, 0.2) is 5.78 Å². The molecule has 1 aromatic heterocycles. The average Bonchev–Trinajstić information content (AvgIpc) is 2.65. The number of benzene rings is 1.